The molecule has 3 aliphatic heterocycles. The Morgan fingerprint density at radius 1 is 1.42 bits per heavy atom. The van der Waals surface area contributed by atoms with Crippen LogP contribution in [0.2, 0.25) is 0 Å². The van der Waals surface area contributed by atoms with Crippen LogP contribution in [0.1, 0.15) is 37.4 Å². The number of aromatic nitrogens is 1. The lowest BCUT2D eigenvalue weighted by molar-refractivity contribution is -0.196. The number of rotatable bonds is 2. The molecule has 26 heavy (non-hydrogen) atoms. The predicted octanol–water partition coefficient (Wildman–Crippen LogP) is 2.57. The standard InChI is InChI=1S/C21H26N2O3/c1-3-12-10-13-11-21(20(25)26-2)17-15(8-9-23(18(12)21)19(13)24)14-6-4-5-7-16(14)22-17/h4-7,12-13,18-19,22,24H,3,8-11H2,1-2H3. The summed E-state index contributed by atoms with van der Waals surface area (Å²) >= 11 is 0. The minimum atomic E-state index is -0.706. The number of carbonyl (C=O) groups excluding carboxylic acids is 1. The van der Waals surface area contributed by atoms with Crippen molar-refractivity contribution in [3.8, 4) is 0 Å². The second-order valence-corrected chi connectivity index (χ2v) is 8.20. The quantitative estimate of drug-likeness (QED) is 0.814. The van der Waals surface area contributed by atoms with Crippen LogP contribution in [-0.2, 0) is 21.4 Å². The van der Waals surface area contributed by atoms with Gasteiger partial charge in [0.25, 0.3) is 0 Å². The zero-order valence-corrected chi connectivity index (χ0v) is 15.4. The van der Waals surface area contributed by atoms with Crippen molar-refractivity contribution < 1.29 is 14.6 Å². The number of aliphatic hydroxyl groups is 1. The van der Waals surface area contributed by atoms with E-state index in [4.69, 9.17) is 4.74 Å². The molecule has 1 aromatic carbocycles. The summed E-state index contributed by atoms with van der Waals surface area (Å²) in [6, 6.07) is 8.29. The minimum Gasteiger partial charge on any atom is -0.468 e. The molecule has 0 radical (unpaired) electrons. The van der Waals surface area contributed by atoms with Crippen LogP contribution in [0.4, 0.5) is 0 Å². The van der Waals surface area contributed by atoms with Crippen molar-refractivity contribution in [2.45, 2.75) is 50.3 Å². The van der Waals surface area contributed by atoms with Crippen LogP contribution in [0.25, 0.3) is 10.9 Å². The number of ether oxygens (including phenoxy) is 1. The van der Waals surface area contributed by atoms with E-state index in [-0.39, 0.29) is 17.9 Å². The first-order chi connectivity index (χ1) is 12.6. The van der Waals surface area contributed by atoms with Crippen LogP contribution in [-0.4, -0.2) is 46.9 Å². The normalized spacial score (nSPS) is 38.0. The van der Waals surface area contributed by atoms with Crippen LogP contribution in [0, 0.1) is 11.8 Å². The predicted molar refractivity (Wildman–Crippen MR) is 98.7 cm³/mol. The SMILES string of the molecule is CCC1CC2CC3(C(=O)OC)c4[nH]c5ccccc5c4CCN(C2O)C13. The lowest BCUT2D eigenvalue weighted by Gasteiger charge is -2.59. The molecule has 2 N–H and O–H groups in total. The zero-order valence-electron chi connectivity index (χ0n) is 15.4. The second kappa shape index (κ2) is 5.57. The Bertz CT molecular complexity index is 875. The summed E-state index contributed by atoms with van der Waals surface area (Å²) in [5.74, 6) is 0.354. The number of fused-ring (bicyclic) bond motifs is 4. The summed E-state index contributed by atoms with van der Waals surface area (Å²) in [7, 11) is 1.49. The number of methoxy groups -OCH3 is 1. The van der Waals surface area contributed by atoms with Gasteiger partial charge < -0.3 is 14.8 Å². The molecule has 4 aliphatic rings. The number of H-pyrrole nitrogens is 1. The van der Waals surface area contributed by atoms with E-state index in [0.29, 0.717) is 12.3 Å². The highest BCUT2D eigenvalue weighted by molar-refractivity contribution is 5.91. The van der Waals surface area contributed by atoms with Gasteiger partial charge in [0.1, 0.15) is 11.6 Å². The first-order valence-electron chi connectivity index (χ1n) is 9.74. The summed E-state index contributed by atoms with van der Waals surface area (Å²) in [6.07, 6.45) is 3.06. The first kappa shape index (κ1) is 16.3. The van der Waals surface area contributed by atoms with Gasteiger partial charge in [0.15, 0.2) is 0 Å². The summed E-state index contributed by atoms with van der Waals surface area (Å²) in [5, 5.41) is 12.1. The number of nitrogens with one attached hydrogen (secondary N) is 1. The van der Waals surface area contributed by atoms with E-state index in [1.165, 1.54) is 18.1 Å². The number of para-hydroxylation sites is 1. The van der Waals surface area contributed by atoms with Crippen molar-refractivity contribution in [3.63, 3.8) is 0 Å². The first-order valence-corrected chi connectivity index (χ1v) is 9.74. The molecule has 4 heterocycles. The van der Waals surface area contributed by atoms with Gasteiger partial charge in [-0.25, -0.2) is 0 Å². The second-order valence-electron chi connectivity index (χ2n) is 8.20. The Kier molecular flexibility index (Phi) is 3.50. The van der Waals surface area contributed by atoms with Gasteiger partial charge in [0, 0.05) is 35.1 Å². The molecule has 0 spiro atoms. The molecule has 3 fully saturated rings. The summed E-state index contributed by atoms with van der Waals surface area (Å²) in [4.78, 5) is 19.1. The Morgan fingerprint density at radius 3 is 3.00 bits per heavy atom. The number of nitrogens with zero attached hydrogens (tertiary/aromatic N) is 1. The molecule has 6 unspecified atom stereocenters. The average molecular weight is 354 g/mol. The van der Waals surface area contributed by atoms with Crippen LogP contribution in [0.5, 0.6) is 0 Å². The van der Waals surface area contributed by atoms with Gasteiger partial charge in [-0.05, 0) is 36.8 Å². The highest BCUT2D eigenvalue weighted by atomic mass is 16.5. The van der Waals surface area contributed by atoms with Crippen LogP contribution < -0.4 is 0 Å². The fourth-order valence-corrected chi connectivity index (χ4v) is 6.24. The molecule has 1 aromatic heterocycles. The number of benzene rings is 1. The van der Waals surface area contributed by atoms with Crippen molar-refractivity contribution in [2.75, 3.05) is 13.7 Å². The Balaban J connectivity index is 1.81. The smallest absolute Gasteiger partial charge is 0.319 e. The highest BCUT2D eigenvalue weighted by Crippen LogP contribution is 2.56. The fraction of sp³-hybridized carbons (Fsp3) is 0.571. The van der Waals surface area contributed by atoms with Crippen LogP contribution >= 0.6 is 0 Å². The summed E-state index contributed by atoms with van der Waals surface area (Å²) < 4.78 is 5.39. The molecule has 4 bridgehead atoms. The maximum absolute atomic E-state index is 13.3. The molecule has 138 valence electrons. The van der Waals surface area contributed by atoms with Crippen LogP contribution in [0.15, 0.2) is 24.3 Å². The molecule has 1 saturated carbocycles. The Hall–Kier alpha value is -1.85. The molecular formula is C21H26N2O3. The molecule has 0 amide bonds. The zero-order chi connectivity index (χ0) is 18.1. The molecule has 5 nitrogen and oxygen atoms in total. The molecule has 5 heteroatoms. The van der Waals surface area contributed by atoms with E-state index >= 15 is 0 Å². The minimum absolute atomic E-state index is 0.00531. The molecule has 6 rings (SSSR count). The maximum Gasteiger partial charge on any atom is 0.319 e. The Morgan fingerprint density at radius 2 is 2.23 bits per heavy atom. The maximum atomic E-state index is 13.3. The van der Waals surface area contributed by atoms with Crippen molar-refractivity contribution in [3.05, 3.63) is 35.5 Å². The van der Waals surface area contributed by atoms with Gasteiger partial charge in [-0.15, -0.1) is 0 Å². The number of hydrogen-bond acceptors (Lipinski definition) is 4. The monoisotopic (exact) mass is 354 g/mol. The van der Waals surface area contributed by atoms with Gasteiger partial charge in [0.05, 0.1) is 7.11 Å². The number of hydrogen-bond donors (Lipinski definition) is 2. The van der Waals surface area contributed by atoms with E-state index in [1.807, 2.05) is 6.07 Å². The van der Waals surface area contributed by atoms with Gasteiger partial charge in [-0.2, -0.15) is 0 Å². The molecule has 2 aromatic rings. The number of esters is 1. The lowest BCUT2D eigenvalue weighted by Crippen LogP contribution is -2.70. The van der Waals surface area contributed by atoms with Gasteiger partial charge >= 0.3 is 5.97 Å². The Labute approximate surface area is 153 Å². The molecular weight excluding hydrogens is 328 g/mol. The lowest BCUT2D eigenvalue weighted by atomic mass is 9.56. The van der Waals surface area contributed by atoms with E-state index in [0.717, 1.165) is 37.0 Å². The van der Waals surface area contributed by atoms with Gasteiger partial charge in [-0.3, -0.25) is 9.69 Å². The summed E-state index contributed by atoms with van der Waals surface area (Å²) in [6.45, 7) is 2.98. The molecule has 1 aliphatic carbocycles. The van der Waals surface area contributed by atoms with Crippen molar-refractivity contribution in [2.24, 2.45) is 11.8 Å². The van der Waals surface area contributed by atoms with Crippen molar-refractivity contribution >= 4 is 16.9 Å². The van der Waals surface area contributed by atoms with Crippen molar-refractivity contribution in [1.82, 2.24) is 9.88 Å². The fourth-order valence-electron chi connectivity index (χ4n) is 6.24. The third kappa shape index (κ3) is 1.85. The van der Waals surface area contributed by atoms with E-state index in [1.54, 1.807) is 0 Å². The van der Waals surface area contributed by atoms with Crippen molar-refractivity contribution in [1.29, 1.82) is 0 Å². The van der Waals surface area contributed by atoms with Gasteiger partial charge in [0.2, 0.25) is 0 Å². The number of aromatic amines is 1. The number of piperidine rings is 2. The van der Waals surface area contributed by atoms with E-state index < -0.39 is 11.6 Å². The van der Waals surface area contributed by atoms with Gasteiger partial charge in [-0.1, -0.05) is 31.5 Å². The third-order valence-corrected chi connectivity index (χ3v) is 7.21. The van der Waals surface area contributed by atoms with E-state index in [9.17, 15) is 9.90 Å². The van der Waals surface area contributed by atoms with E-state index in [2.05, 4.69) is 35.0 Å². The number of aliphatic hydroxyl groups excluding tert-OH is 1. The summed E-state index contributed by atoms with van der Waals surface area (Å²) in [5.41, 5.74) is 2.64. The molecule has 6 atom stereocenters. The average Bonchev–Trinajstić information content (AvgIpc) is 3.00. The topological polar surface area (TPSA) is 65.6 Å². The van der Waals surface area contributed by atoms with Crippen LogP contribution in [0.3, 0.4) is 0 Å². The largest absolute Gasteiger partial charge is 0.468 e. The molecule has 2 saturated heterocycles. The number of carbonyl (C=O) groups is 1. The highest BCUT2D eigenvalue weighted by Gasteiger charge is 2.65. The third-order valence-electron chi connectivity index (χ3n) is 7.21.